The predicted molar refractivity (Wildman–Crippen MR) is 112 cm³/mol. The summed E-state index contributed by atoms with van der Waals surface area (Å²) in [6, 6.07) is 4.92. The van der Waals surface area contributed by atoms with Crippen molar-refractivity contribution >= 4 is 33.5 Å². The maximum atomic E-state index is 13.9. The molecule has 0 atom stereocenters. The highest BCUT2D eigenvalue weighted by molar-refractivity contribution is 9.10. The standard InChI is InChI=1S/C22H23BrFNO4/c1-21(2)7-8-22(3,4)16-13(21)10-15(18(26)17(16)23)25-19(27)11-5-6-12(20(28)29)14(24)9-11/h5-6,9-10,26H,7-8H2,1-4H3,(H,25,27)(H,28,29). The number of benzene rings is 2. The van der Waals surface area contributed by atoms with E-state index in [1.165, 1.54) is 6.07 Å². The lowest BCUT2D eigenvalue weighted by Gasteiger charge is -2.42. The van der Waals surface area contributed by atoms with Crippen LogP contribution in [-0.2, 0) is 10.8 Å². The van der Waals surface area contributed by atoms with Crippen LogP contribution in [-0.4, -0.2) is 22.1 Å². The zero-order valence-electron chi connectivity index (χ0n) is 16.7. The van der Waals surface area contributed by atoms with E-state index in [2.05, 4.69) is 48.9 Å². The number of nitrogens with one attached hydrogen (secondary N) is 1. The van der Waals surface area contributed by atoms with E-state index in [0.717, 1.165) is 36.1 Å². The summed E-state index contributed by atoms with van der Waals surface area (Å²) in [7, 11) is 0. The molecular formula is C22H23BrFNO4. The number of phenolic OH excluding ortho intramolecular Hbond substituents is 1. The fourth-order valence-electron chi connectivity index (χ4n) is 3.84. The summed E-state index contributed by atoms with van der Waals surface area (Å²) < 4.78 is 14.5. The molecule has 0 bridgehead atoms. The third-order valence-corrected chi connectivity index (χ3v) is 6.50. The molecule has 0 fully saturated rings. The first-order chi connectivity index (χ1) is 13.3. The van der Waals surface area contributed by atoms with Gasteiger partial charge in [-0.3, -0.25) is 4.79 Å². The Bertz CT molecular complexity index is 1030. The maximum Gasteiger partial charge on any atom is 0.338 e. The fraction of sp³-hybridized carbons (Fsp3) is 0.364. The van der Waals surface area contributed by atoms with Crippen molar-refractivity contribution in [3.63, 3.8) is 0 Å². The third kappa shape index (κ3) is 3.75. The van der Waals surface area contributed by atoms with Crippen LogP contribution in [0.5, 0.6) is 5.75 Å². The molecule has 0 spiro atoms. The molecule has 0 aromatic heterocycles. The number of hydrogen-bond acceptors (Lipinski definition) is 3. The van der Waals surface area contributed by atoms with E-state index < -0.39 is 23.3 Å². The Kier molecular flexibility index (Phi) is 5.24. The number of aromatic hydroxyl groups is 1. The molecule has 154 valence electrons. The Balaban J connectivity index is 2.03. The lowest BCUT2D eigenvalue weighted by Crippen LogP contribution is -2.34. The molecule has 0 radical (unpaired) electrons. The molecule has 29 heavy (non-hydrogen) atoms. The smallest absolute Gasteiger partial charge is 0.338 e. The molecule has 5 nitrogen and oxygen atoms in total. The molecule has 3 rings (SSSR count). The molecule has 0 aliphatic heterocycles. The summed E-state index contributed by atoms with van der Waals surface area (Å²) >= 11 is 3.50. The number of rotatable bonds is 3. The summed E-state index contributed by atoms with van der Waals surface area (Å²) in [5.74, 6) is -3.14. The minimum Gasteiger partial charge on any atom is -0.505 e. The van der Waals surface area contributed by atoms with Gasteiger partial charge in [-0.2, -0.15) is 0 Å². The van der Waals surface area contributed by atoms with Gasteiger partial charge < -0.3 is 15.5 Å². The SMILES string of the molecule is CC1(C)CCC(C)(C)c2c1cc(NC(=O)c1ccc(C(=O)O)c(F)c1)c(O)c2Br. The van der Waals surface area contributed by atoms with Crippen LogP contribution in [0, 0.1) is 5.82 Å². The minimum atomic E-state index is -1.41. The van der Waals surface area contributed by atoms with Gasteiger partial charge in [0.25, 0.3) is 5.91 Å². The van der Waals surface area contributed by atoms with E-state index in [1.54, 1.807) is 6.07 Å². The Hall–Kier alpha value is -2.41. The van der Waals surface area contributed by atoms with Crippen LogP contribution in [0.1, 0.15) is 72.4 Å². The molecule has 1 amide bonds. The van der Waals surface area contributed by atoms with Gasteiger partial charge in [-0.15, -0.1) is 0 Å². The highest BCUT2D eigenvalue weighted by Crippen LogP contribution is 2.52. The molecular weight excluding hydrogens is 441 g/mol. The van der Waals surface area contributed by atoms with Gasteiger partial charge in [0.1, 0.15) is 5.82 Å². The molecule has 0 heterocycles. The van der Waals surface area contributed by atoms with Gasteiger partial charge in [0.05, 0.1) is 15.7 Å². The molecule has 0 unspecified atom stereocenters. The molecule has 1 aliphatic carbocycles. The normalized spacial score (nSPS) is 16.8. The van der Waals surface area contributed by atoms with Gasteiger partial charge in [-0.1, -0.05) is 27.7 Å². The first-order valence-corrected chi connectivity index (χ1v) is 10.0. The minimum absolute atomic E-state index is 0.0414. The number of carbonyl (C=O) groups is 2. The number of halogens is 2. The monoisotopic (exact) mass is 463 g/mol. The van der Waals surface area contributed by atoms with E-state index in [1.807, 2.05) is 0 Å². The molecule has 1 aliphatic rings. The van der Waals surface area contributed by atoms with E-state index in [0.29, 0.717) is 4.47 Å². The van der Waals surface area contributed by atoms with Crippen molar-refractivity contribution in [1.29, 1.82) is 0 Å². The highest BCUT2D eigenvalue weighted by Gasteiger charge is 2.40. The summed E-state index contributed by atoms with van der Waals surface area (Å²) in [6.07, 6.45) is 1.92. The van der Waals surface area contributed by atoms with Crippen LogP contribution in [0.4, 0.5) is 10.1 Å². The molecule has 0 saturated carbocycles. The fourth-order valence-corrected chi connectivity index (χ4v) is 4.80. The van der Waals surface area contributed by atoms with Crippen LogP contribution in [0.15, 0.2) is 28.7 Å². The number of anilines is 1. The summed E-state index contributed by atoms with van der Waals surface area (Å²) in [5.41, 5.74) is 1.43. The van der Waals surface area contributed by atoms with Crippen molar-refractivity contribution in [3.05, 3.63) is 56.8 Å². The van der Waals surface area contributed by atoms with E-state index in [-0.39, 0.29) is 27.8 Å². The first-order valence-electron chi connectivity index (χ1n) is 9.26. The van der Waals surface area contributed by atoms with Crippen molar-refractivity contribution in [3.8, 4) is 5.75 Å². The molecule has 7 heteroatoms. The average Bonchev–Trinajstić information content (AvgIpc) is 2.62. The van der Waals surface area contributed by atoms with Gasteiger partial charge >= 0.3 is 5.97 Å². The van der Waals surface area contributed by atoms with Crippen molar-refractivity contribution in [2.24, 2.45) is 0 Å². The largest absolute Gasteiger partial charge is 0.505 e. The number of aromatic carboxylic acids is 1. The van der Waals surface area contributed by atoms with Crippen LogP contribution in [0.25, 0.3) is 0 Å². The molecule has 0 saturated heterocycles. The second-order valence-corrected chi connectivity index (χ2v) is 9.52. The first kappa shape index (κ1) is 21.3. The Morgan fingerprint density at radius 1 is 1.10 bits per heavy atom. The molecule has 2 aromatic carbocycles. The number of carboxylic acids is 1. The van der Waals surface area contributed by atoms with Crippen molar-refractivity contribution < 1.29 is 24.2 Å². The Morgan fingerprint density at radius 3 is 2.31 bits per heavy atom. The number of fused-ring (bicyclic) bond motifs is 1. The van der Waals surface area contributed by atoms with E-state index >= 15 is 0 Å². The van der Waals surface area contributed by atoms with Gasteiger partial charge in [0, 0.05) is 5.56 Å². The lowest BCUT2D eigenvalue weighted by atomic mass is 9.63. The Labute approximate surface area is 177 Å². The molecule has 3 N–H and O–H groups in total. The average molecular weight is 464 g/mol. The zero-order chi connectivity index (χ0) is 21.7. The van der Waals surface area contributed by atoms with Crippen LogP contribution < -0.4 is 5.32 Å². The lowest BCUT2D eigenvalue weighted by molar-refractivity contribution is 0.0691. The summed E-state index contributed by atoms with van der Waals surface area (Å²) in [6.45, 7) is 8.49. The van der Waals surface area contributed by atoms with Crippen molar-refractivity contribution in [1.82, 2.24) is 0 Å². The van der Waals surface area contributed by atoms with E-state index in [9.17, 15) is 19.1 Å². The van der Waals surface area contributed by atoms with E-state index in [4.69, 9.17) is 5.11 Å². The van der Waals surface area contributed by atoms with Gasteiger partial charge in [0.15, 0.2) is 5.75 Å². The van der Waals surface area contributed by atoms with Crippen molar-refractivity contribution in [2.75, 3.05) is 5.32 Å². The number of carboxylic acid groups (broad SMARTS) is 1. The summed E-state index contributed by atoms with van der Waals surface area (Å²) in [4.78, 5) is 23.6. The van der Waals surface area contributed by atoms with Gasteiger partial charge in [0.2, 0.25) is 0 Å². The second kappa shape index (κ2) is 7.13. The van der Waals surface area contributed by atoms with Crippen LogP contribution in [0.3, 0.4) is 0 Å². The number of phenols is 1. The number of carbonyl (C=O) groups excluding carboxylic acids is 1. The third-order valence-electron chi connectivity index (χ3n) is 5.73. The van der Waals surface area contributed by atoms with Crippen LogP contribution in [0.2, 0.25) is 0 Å². The second-order valence-electron chi connectivity index (χ2n) is 8.73. The predicted octanol–water partition coefficient (Wildman–Crippen LogP) is 5.59. The maximum absolute atomic E-state index is 13.9. The summed E-state index contributed by atoms with van der Waals surface area (Å²) in [5, 5.41) is 22.3. The number of hydrogen-bond donors (Lipinski definition) is 3. The number of amides is 1. The zero-order valence-corrected chi connectivity index (χ0v) is 18.3. The van der Waals surface area contributed by atoms with Crippen molar-refractivity contribution in [2.45, 2.75) is 51.4 Å². The van der Waals surface area contributed by atoms with Gasteiger partial charge in [-0.05, 0) is 75.0 Å². The van der Waals surface area contributed by atoms with Crippen LogP contribution >= 0.6 is 15.9 Å². The Morgan fingerprint density at radius 2 is 1.72 bits per heavy atom. The molecule has 2 aromatic rings. The highest BCUT2D eigenvalue weighted by atomic mass is 79.9. The topological polar surface area (TPSA) is 86.6 Å². The quantitative estimate of drug-likeness (QED) is 0.517. The van der Waals surface area contributed by atoms with Gasteiger partial charge in [-0.25, -0.2) is 9.18 Å².